The highest BCUT2D eigenvalue weighted by Crippen LogP contribution is 2.31. The molecule has 3 rings (SSSR count). The van der Waals surface area contributed by atoms with Crippen molar-refractivity contribution in [1.82, 2.24) is 24.7 Å². The van der Waals surface area contributed by atoms with Crippen LogP contribution >= 0.6 is 11.3 Å². The van der Waals surface area contributed by atoms with Gasteiger partial charge in [-0.3, -0.25) is 4.57 Å². The van der Waals surface area contributed by atoms with E-state index in [9.17, 15) is 0 Å². The highest BCUT2D eigenvalue weighted by Gasteiger charge is 2.17. The van der Waals surface area contributed by atoms with E-state index in [-0.39, 0.29) is 6.10 Å². The predicted molar refractivity (Wildman–Crippen MR) is 86.3 cm³/mol. The molecule has 0 aliphatic rings. The summed E-state index contributed by atoms with van der Waals surface area (Å²) < 4.78 is 7.66. The molecule has 0 amide bonds. The van der Waals surface area contributed by atoms with Gasteiger partial charge in [0.05, 0.1) is 5.69 Å². The molecule has 0 saturated carbocycles. The second-order valence-corrected chi connectivity index (χ2v) is 5.99. The maximum atomic E-state index is 5.61. The average molecular weight is 317 g/mol. The van der Waals surface area contributed by atoms with Gasteiger partial charge in [-0.1, -0.05) is 0 Å². The van der Waals surface area contributed by atoms with Gasteiger partial charge in [-0.25, -0.2) is 10.1 Å². The summed E-state index contributed by atoms with van der Waals surface area (Å²) in [5.41, 5.74) is 4.28. The van der Waals surface area contributed by atoms with Crippen LogP contribution in [0.2, 0.25) is 0 Å². The molecule has 0 saturated heterocycles. The average Bonchev–Trinajstić information content (AvgIpc) is 3.19. The lowest BCUT2D eigenvalue weighted by molar-refractivity contribution is 0.0762. The fourth-order valence-electron chi connectivity index (χ4n) is 2.57. The van der Waals surface area contributed by atoms with Gasteiger partial charge in [0.15, 0.2) is 0 Å². The van der Waals surface area contributed by atoms with Crippen LogP contribution in [-0.4, -0.2) is 31.3 Å². The van der Waals surface area contributed by atoms with Gasteiger partial charge in [-0.2, -0.15) is 10.1 Å². The number of aromatic amines is 1. The number of hydrogen-bond acceptors (Lipinski definition) is 5. The summed E-state index contributed by atoms with van der Waals surface area (Å²) in [5, 5.41) is 9.91. The Morgan fingerprint density at radius 2 is 2.23 bits per heavy atom. The summed E-state index contributed by atoms with van der Waals surface area (Å²) in [7, 11) is 0. The smallest absolute Gasteiger partial charge is 0.229 e. The molecule has 3 heterocycles. The number of nitrogens with zero attached hydrogens (tertiary/aromatic N) is 4. The number of thiazole rings is 1. The molecule has 0 aliphatic heterocycles. The van der Waals surface area contributed by atoms with E-state index in [0.717, 1.165) is 33.6 Å². The van der Waals surface area contributed by atoms with Crippen LogP contribution in [0.25, 0.3) is 17.2 Å². The third-order valence-electron chi connectivity index (χ3n) is 3.61. The molecule has 6 nitrogen and oxygen atoms in total. The number of aryl methyl sites for hydroxylation is 1. The summed E-state index contributed by atoms with van der Waals surface area (Å²) in [6.07, 6.45) is 1.54. The van der Waals surface area contributed by atoms with Crippen molar-refractivity contribution in [3.63, 3.8) is 0 Å². The Morgan fingerprint density at radius 1 is 1.41 bits per heavy atom. The first kappa shape index (κ1) is 14.9. The molecule has 7 heteroatoms. The van der Waals surface area contributed by atoms with Gasteiger partial charge in [0, 0.05) is 28.9 Å². The topological polar surface area (TPSA) is 68.6 Å². The van der Waals surface area contributed by atoms with E-state index in [1.807, 2.05) is 18.4 Å². The van der Waals surface area contributed by atoms with Crippen molar-refractivity contribution in [1.29, 1.82) is 0 Å². The fourth-order valence-corrected chi connectivity index (χ4v) is 3.40. The van der Waals surface area contributed by atoms with Crippen molar-refractivity contribution >= 4 is 11.3 Å². The Bertz CT molecular complexity index is 759. The molecular formula is C15H19N5OS. The van der Waals surface area contributed by atoms with Crippen molar-refractivity contribution in [2.45, 2.75) is 33.8 Å². The van der Waals surface area contributed by atoms with Crippen LogP contribution in [0.5, 0.6) is 0 Å². The van der Waals surface area contributed by atoms with Crippen LogP contribution in [0.15, 0.2) is 17.8 Å². The number of rotatable bonds is 5. The largest absolute Gasteiger partial charge is 0.372 e. The second-order valence-electron chi connectivity index (χ2n) is 5.10. The van der Waals surface area contributed by atoms with Gasteiger partial charge < -0.3 is 4.74 Å². The van der Waals surface area contributed by atoms with Gasteiger partial charge in [-0.15, -0.1) is 11.3 Å². The Hall–Kier alpha value is -1.99. The van der Waals surface area contributed by atoms with E-state index < -0.39 is 0 Å². The number of aromatic nitrogens is 5. The van der Waals surface area contributed by atoms with Crippen molar-refractivity contribution in [2.24, 2.45) is 0 Å². The Balaban J connectivity index is 1.98. The molecule has 3 aromatic heterocycles. The molecule has 0 fully saturated rings. The summed E-state index contributed by atoms with van der Waals surface area (Å²) >= 11 is 1.63. The summed E-state index contributed by atoms with van der Waals surface area (Å²) in [6, 6.07) is 2.13. The molecule has 0 radical (unpaired) electrons. The highest BCUT2D eigenvalue weighted by molar-refractivity contribution is 7.10. The van der Waals surface area contributed by atoms with E-state index in [4.69, 9.17) is 9.72 Å². The zero-order chi connectivity index (χ0) is 15.7. The lowest BCUT2D eigenvalue weighted by Gasteiger charge is -2.07. The molecular weight excluding hydrogens is 298 g/mol. The molecule has 3 aromatic rings. The summed E-state index contributed by atoms with van der Waals surface area (Å²) in [6.45, 7) is 8.83. The summed E-state index contributed by atoms with van der Waals surface area (Å²) in [5.74, 6) is 0.722. The molecule has 0 spiro atoms. The zero-order valence-electron chi connectivity index (χ0n) is 13.1. The molecule has 0 unspecified atom stereocenters. The van der Waals surface area contributed by atoms with Gasteiger partial charge in [0.25, 0.3) is 0 Å². The maximum absolute atomic E-state index is 5.61. The lowest BCUT2D eigenvalue weighted by Crippen LogP contribution is -2.01. The zero-order valence-corrected chi connectivity index (χ0v) is 13.9. The highest BCUT2D eigenvalue weighted by atomic mass is 32.1. The van der Waals surface area contributed by atoms with Gasteiger partial charge >= 0.3 is 0 Å². The van der Waals surface area contributed by atoms with Crippen molar-refractivity contribution < 1.29 is 4.74 Å². The van der Waals surface area contributed by atoms with Crippen LogP contribution in [0.1, 0.15) is 36.3 Å². The third kappa shape index (κ3) is 2.57. The second kappa shape index (κ2) is 6.02. The van der Waals surface area contributed by atoms with Crippen LogP contribution in [-0.2, 0) is 4.74 Å². The molecule has 0 aliphatic carbocycles. The SMILES string of the molecule is CCO[C@@H](C)c1nc(-c2cc(C)n(-c3ncn[nH]3)c2C)cs1. The van der Waals surface area contributed by atoms with Crippen molar-refractivity contribution in [3.05, 3.63) is 34.2 Å². The summed E-state index contributed by atoms with van der Waals surface area (Å²) in [4.78, 5) is 8.96. The van der Waals surface area contributed by atoms with Crippen molar-refractivity contribution in [3.8, 4) is 17.2 Å². The minimum absolute atomic E-state index is 0.0292. The Morgan fingerprint density at radius 3 is 2.91 bits per heavy atom. The van der Waals surface area contributed by atoms with Crippen LogP contribution in [0.4, 0.5) is 0 Å². The van der Waals surface area contributed by atoms with Crippen LogP contribution < -0.4 is 0 Å². The standard InChI is InChI=1S/C15H19N5OS/c1-5-21-11(4)14-18-13(7-22-14)12-6-9(2)20(10(12)3)15-16-8-17-19-15/h6-8,11H,5H2,1-4H3,(H,16,17,19)/t11-/m0/s1. The maximum Gasteiger partial charge on any atom is 0.229 e. The quantitative estimate of drug-likeness (QED) is 0.782. The van der Waals surface area contributed by atoms with Gasteiger partial charge in [0.1, 0.15) is 17.4 Å². The number of ether oxygens (including phenoxy) is 1. The number of H-pyrrole nitrogens is 1. The molecule has 22 heavy (non-hydrogen) atoms. The lowest BCUT2D eigenvalue weighted by atomic mass is 10.2. The fraction of sp³-hybridized carbons (Fsp3) is 0.400. The van der Waals surface area contributed by atoms with E-state index in [1.165, 1.54) is 6.33 Å². The van der Waals surface area contributed by atoms with E-state index in [2.05, 4.69) is 40.5 Å². The van der Waals surface area contributed by atoms with Crippen LogP contribution in [0.3, 0.4) is 0 Å². The van der Waals surface area contributed by atoms with Gasteiger partial charge in [0.2, 0.25) is 5.95 Å². The molecule has 116 valence electrons. The Labute approximate surface area is 133 Å². The first-order valence-electron chi connectivity index (χ1n) is 7.24. The van der Waals surface area contributed by atoms with Crippen molar-refractivity contribution in [2.75, 3.05) is 6.61 Å². The molecule has 1 N–H and O–H groups in total. The van der Waals surface area contributed by atoms with E-state index in [0.29, 0.717) is 6.61 Å². The monoisotopic (exact) mass is 317 g/mol. The van der Waals surface area contributed by atoms with Gasteiger partial charge in [-0.05, 0) is 33.8 Å². The Kier molecular flexibility index (Phi) is 4.08. The third-order valence-corrected chi connectivity index (χ3v) is 4.61. The minimum atomic E-state index is 0.0292. The first-order chi connectivity index (χ1) is 10.6. The first-order valence-corrected chi connectivity index (χ1v) is 8.11. The normalized spacial score (nSPS) is 12.7. The van der Waals surface area contributed by atoms with Crippen LogP contribution in [0, 0.1) is 13.8 Å². The van der Waals surface area contributed by atoms with E-state index in [1.54, 1.807) is 11.3 Å². The molecule has 0 bridgehead atoms. The molecule has 0 aromatic carbocycles. The number of hydrogen-bond donors (Lipinski definition) is 1. The molecule has 1 atom stereocenters. The van der Waals surface area contributed by atoms with E-state index >= 15 is 0 Å². The minimum Gasteiger partial charge on any atom is -0.372 e. The number of nitrogens with one attached hydrogen (secondary N) is 1. The predicted octanol–water partition coefficient (Wildman–Crippen LogP) is 3.43.